The Bertz CT molecular complexity index is 145. The molecule has 0 fully saturated rings. The van der Waals surface area contributed by atoms with E-state index >= 15 is 0 Å². The molecule has 0 amide bonds. The Balaban J connectivity index is 3.97. The normalized spacial score (nSPS) is 13.7. The van der Waals surface area contributed by atoms with Gasteiger partial charge in [-0.2, -0.15) is 0 Å². The molecule has 0 aromatic heterocycles. The van der Waals surface area contributed by atoms with E-state index in [9.17, 15) is 5.11 Å². The third-order valence-corrected chi connectivity index (χ3v) is 1.14. The number of aliphatic hydroxyl groups is 2. The zero-order chi connectivity index (χ0) is 8.20. The van der Waals surface area contributed by atoms with Crippen molar-refractivity contribution in [3.8, 4) is 11.8 Å². The summed E-state index contributed by atoms with van der Waals surface area (Å²) in [5.41, 5.74) is -0.220. The lowest BCUT2D eigenvalue weighted by atomic mass is 9.90. The highest BCUT2D eigenvalue weighted by Gasteiger charge is 2.19. The van der Waals surface area contributed by atoms with Gasteiger partial charge in [-0.3, -0.25) is 0 Å². The highest BCUT2D eigenvalue weighted by atomic mass is 16.3. The largest absolute Gasteiger partial charge is 0.384 e. The van der Waals surface area contributed by atoms with Gasteiger partial charge in [-0.1, -0.05) is 32.6 Å². The fraction of sp³-hybridized carbons (Fsp3) is 0.750. The monoisotopic (exact) mass is 142 g/mol. The molecule has 1 atom stereocenters. The van der Waals surface area contributed by atoms with Gasteiger partial charge in [0, 0.05) is 0 Å². The fourth-order valence-electron chi connectivity index (χ4n) is 0.359. The molecule has 0 heterocycles. The fourth-order valence-corrected chi connectivity index (χ4v) is 0.359. The van der Waals surface area contributed by atoms with Crippen molar-refractivity contribution >= 4 is 0 Å². The summed E-state index contributed by atoms with van der Waals surface area (Å²) in [6.07, 6.45) is -0.653. The average Bonchev–Trinajstić information content (AvgIpc) is 1.80. The summed E-state index contributed by atoms with van der Waals surface area (Å²) in [5, 5.41) is 17.5. The standard InChI is InChI=1S/C8H14O2/c1-8(2,3)7(10)5-4-6-9/h7,9-10H,6H2,1-3H3. The molecule has 0 aliphatic carbocycles. The Morgan fingerprint density at radius 1 is 1.40 bits per heavy atom. The van der Waals surface area contributed by atoms with E-state index in [1.165, 1.54) is 0 Å². The van der Waals surface area contributed by atoms with Crippen LogP contribution in [-0.2, 0) is 0 Å². The maximum absolute atomic E-state index is 9.23. The van der Waals surface area contributed by atoms with E-state index in [0.29, 0.717) is 0 Å². The second kappa shape index (κ2) is 3.60. The second-order valence-electron chi connectivity index (χ2n) is 3.25. The minimum absolute atomic E-state index is 0.187. The molecule has 10 heavy (non-hydrogen) atoms. The molecule has 0 aliphatic heterocycles. The van der Waals surface area contributed by atoms with Gasteiger partial charge >= 0.3 is 0 Å². The third kappa shape index (κ3) is 3.49. The van der Waals surface area contributed by atoms with Crippen LogP contribution in [0.3, 0.4) is 0 Å². The summed E-state index contributed by atoms with van der Waals surface area (Å²) in [7, 11) is 0. The molecule has 0 aliphatic rings. The van der Waals surface area contributed by atoms with Crippen LogP contribution in [0, 0.1) is 17.3 Å². The summed E-state index contributed by atoms with van der Waals surface area (Å²) in [6, 6.07) is 0. The van der Waals surface area contributed by atoms with Crippen molar-refractivity contribution in [1.82, 2.24) is 0 Å². The summed E-state index contributed by atoms with van der Waals surface area (Å²) < 4.78 is 0. The van der Waals surface area contributed by atoms with Crippen LogP contribution >= 0.6 is 0 Å². The van der Waals surface area contributed by atoms with E-state index < -0.39 is 6.10 Å². The van der Waals surface area contributed by atoms with E-state index in [-0.39, 0.29) is 12.0 Å². The number of rotatable bonds is 0. The molecule has 0 saturated heterocycles. The molecule has 0 aromatic rings. The number of hydrogen-bond acceptors (Lipinski definition) is 2. The minimum atomic E-state index is -0.653. The van der Waals surface area contributed by atoms with Gasteiger partial charge in [0.2, 0.25) is 0 Å². The molecule has 0 rings (SSSR count). The van der Waals surface area contributed by atoms with Crippen LogP contribution in [0.1, 0.15) is 20.8 Å². The Morgan fingerprint density at radius 3 is 2.20 bits per heavy atom. The lowest BCUT2D eigenvalue weighted by Gasteiger charge is -2.20. The summed E-state index contributed by atoms with van der Waals surface area (Å²) in [4.78, 5) is 0. The van der Waals surface area contributed by atoms with Gasteiger partial charge in [0.05, 0.1) is 0 Å². The van der Waals surface area contributed by atoms with E-state index in [2.05, 4.69) is 11.8 Å². The minimum Gasteiger partial charge on any atom is -0.384 e. The molecule has 2 heteroatoms. The molecule has 58 valence electrons. The van der Waals surface area contributed by atoms with Crippen molar-refractivity contribution < 1.29 is 10.2 Å². The lowest BCUT2D eigenvalue weighted by molar-refractivity contribution is 0.113. The Kier molecular flexibility index (Phi) is 3.41. The second-order valence-corrected chi connectivity index (χ2v) is 3.25. The molecule has 2 N–H and O–H groups in total. The van der Waals surface area contributed by atoms with E-state index in [4.69, 9.17) is 5.11 Å². The van der Waals surface area contributed by atoms with Crippen molar-refractivity contribution in [1.29, 1.82) is 0 Å². The van der Waals surface area contributed by atoms with Crippen LogP contribution in [0.4, 0.5) is 0 Å². The van der Waals surface area contributed by atoms with Crippen LogP contribution < -0.4 is 0 Å². The molecule has 0 spiro atoms. The van der Waals surface area contributed by atoms with Gasteiger partial charge in [-0.15, -0.1) is 0 Å². The average molecular weight is 142 g/mol. The molecule has 2 nitrogen and oxygen atoms in total. The summed E-state index contributed by atoms with van der Waals surface area (Å²) in [5.74, 6) is 4.94. The van der Waals surface area contributed by atoms with Gasteiger partial charge in [0.25, 0.3) is 0 Å². The van der Waals surface area contributed by atoms with Crippen LogP contribution in [0.5, 0.6) is 0 Å². The quantitative estimate of drug-likeness (QED) is 0.480. The van der Waals surface area contributed by atoms with Crippen molar-refractivity contribution in [2.45, 2.75) is 26.9 Å². The first-order chi connectivity index (χ1) is 4.48. The van der Waals surface area contributed by atoms with Crippen molar-refractivity contribution in [3.05, 3.63) is 0 Å². The van der Waals surface area contributed by atoms with Crippen molar-refractivity contribution in [2.24, 2.45) is 5.41 Å². The SMILES string of the molecule is CC(C)(C)C(O)C#CCO. The number of aliphatic hydroxyl groups excluding tert-OH is 2. The predicted octanol–water partition coefficient (Wildman–Crippen LogP) is 0.389. The Hall–Kier alpha value is -0.520. The molecule has 1 unspecified atom stereocenters. The van der Waals surface area contributed by atoms with Gasteiger partial charge < -0.3 is 10.2 Å². The number of hydrogen-bond donors (Lipinski definition) is 2. The summed E-state index contributed by atoms with van der Waals surface area (Å²) >= 11 is 0. The highest BCUT2D eigenvalue weighted by molar-refractivity contribution is 5.07. The van der Waals surface area contributed by atoms with E-state index in [1.807, 2.05) is 20.8 Å². The highest BCUT2D eigenvalue weighted by Crippen LogP contribution is 2.17. The van der Waals surface area contributed by atoms with Gasteiger partial charge in [0.15, 0.2) is 0 Å². The van der Waals surface area contributed by atoms with Crippen LogP contribution in [0.25, 0.3) is 0 Å². The van der Waals surface area contributed by atoms with Gasteiger partial charge in [-0.25, -0.2) is 0 Å². The summed E-state index contributed by atoms with van der Waals surface area (Å²) in [6.45, 7) is 5.49. The molecular formula is C8H14O2. The van der Waals surface area contributed by atoms with Crippen molar-refractivity contribution in [2.75, 3.05) is 6.61 Å². The Labute approximate surface area is 61.9 Å². The molecule has 0 aromatic carbocycles. The van der Waals surface area contributed by atoms with Crippen molar-refractivity contribution in [3.63, 3.8) is 0 Å². The Morgan fingerprint density at radius 2 is 1.90 bits per heavy atom. The van der Waals surface area contributed by atoms with Gasteiger partial charge in [-0.05, 0) is 5.41 Å². The van der Waals surface area contributed by atoms with Crippen LogP contribution in [0.15, 0.2) is 0 Å². The maximum Gasteiger partial charge on any atom is 0.119 e. The molecular weight excluding hydrogens is 128 g/mol. The third-order valence-electron chi connectivity index (χ3n) is 1.14. The van der Waals surface area contributed by atoms with Gasteiger partial charge in [0.1, 0.15) is 12.7 Å². The maximum atomic E-state index is 9.23. The lowest BCUT2D eigenvalue weighted by Crippen LogP contribution is -2.24. The molecule has 0 saturated carbocycles. The molecule has 0 radical (unpaired) electrons. The van der Waals surface area contributed by atoms with Crippen LogP contribution in [-0.4, -0.2) is 22.9 Å². The molecule has 0 bridgehead atoms. The van der Waals surface area contributed by atoms with E-state index in [0.717, 1.165) is 0 Å². The topological polar surface area (TPSA) is 40.5 Å². The van der Waals surface area contributed by atoms with Crippen LogP contribution in [0.2, 0.25) is 0 Å². The smallest absolute Gasteiger partial charge is 0.119 e. The van der Waals surface area contributed by atoms with E-state index in [1.54, 1.807) is 0 Å². The first kappa shape index (κ1) is 9.48. The zero-order valence-electron chi connectivity index (χ0n) is 6.68. The first-order valence-electron chi connectivity index (χ1n) is 3.26. The first-order valence-corrected chi connectivity index (χ1v) is 3.26. The zero-order valence-corrected chi connectivity index (χ0v) is 6.68. The predicted molar refractivity (Wildman–Crippen MR) is 40.3 cm³/mol.